The first kappa shape index (κ1) is 9.41. The molecule has 1 aliphatic rings. The Kier molecular flexibility index (Phi) is 2.16. The van der Waals surface area contributed by atoms with E-state index in [9.17, 15) is 4.79 Å². The van der Waals surface area contributed by atoms with E-state index in [4.69, 9.17) is 5.73 Å². The summed E-state index contributed by atoms with van der Waals surface area (Å²) in [6, 6.07) is 4.12. The van der Waals surface area contributed by atoms with Crippen LogP contribution in [0.15, 0.2) is 12.1 Å². The minimum atomic E-state index is 0.247. The molecule has 2 heteroatoms. The Morgan fingerprint density at radius 3 is 2.64 bits per heavy atom. The normalized spacial score (nSPS) is 19.9. The highest BCUT2D eigenvalue weighted by Gasteiger charge is 2.28. The Labute approximate surface area is 84.1 Å². The zero-order valence-corrected chi connectivity index (χ0v) is 8.63. The minimum Gasteiger partial charge on any atom is -0.330 e. The van der Waals surface area contributed by atoms with Gasteiger partial charge in [-0.2, -0.15) is 0 Å². The van der Waals surface area contributed by atoms with Crippen molar-refractivity contribution in [3.8, 4) is 0 Å². The van der Waals surface area contributed by atoms with Gasteiger partial charge in [-0.15, -0.1) is 0 Å². The molecule has 2 nitrogen and oxygen atoms in total. The van der Waals surface area contributed by atoms with E-state index in [1.165, 1.54) is 11.1 Å². The number of aryl methyl sites for hydroxylation is 2. The lowest BCUT2D eigenvalue weighted by Crippen LogP contribution is -2.09. The fourth-order valence-electron chi connectivity index (χ4n) is 2.07. The number of nitrogens with two attached hydrogens (primary N) is 1. The van der Waals surface area contributed by atoms with Gasteiger partial charge in [-0.05, 0) is 43.1 Å². The van der Waals surface area contributed by atoms with E-state index in [1.807, 2.05) is 13.0 Å². The molecule has 1 aliphatic carbocycles. The molecule has 2 rings (SSSR count). The van der Waals surface area contributed by atoms with Crippen LogP contribution in [0.5, 0.6) is 0 Å². The molecule has 0 heterocycles. The first-order valence-corrected chi connectivity index (χ1v) is 4.98. The van der Waals surface area contributed by atoms with Crippen molar-refractivity contribution in [2.75, 3.05) is 6.54 Å². The Morgan fingerprint density at radius 2 is 2.00 bits per heavy atom. The van der Waals surface area contributed by atoms with E-state index in [-0.39, 0.29) is 11.7 Å². The van der Waals surface area contributed by atoms with Crippen molar-refractivity contribution in [2.45, 2.75) is 26.2 Å². The molecule has 0 radical (unpaired) electrons. The van der Waals surface area contributed by atoms with Gasteiger partial charge in [0.2, 0.25) is 0 Å². The van der Waals surface area contributed by atoms with Crippen LogP contribution >= 0.6 is 0 Å². The van der Waals surface area contributed by atoms with E-state index in [0.29, 0.717) is 13.0 Å². The minimum absolute atomic E-state index is 0.247. The lowest BCUT2D eigenvalue weighted by molar-refractivity contribution is 0.0989. The molecule has 74 valence electrons. The molecule has 0 amide bonds. The fraction of sp³-hybridized carbons (Fsp3) is 0.417. The number of hydrogen-bond acceptors (Lipinski definition) is 2. The largest absolute Gasteiger partial charge is 0.330 e. The standard InChI is InChI=1S/C12H15NO/c1-7-3-10-9(6-13)5-12(14)11(10)4-8(7)2/h3-4,9H,5-6,13H2,1-2H3. The molecule has 1 unspecified atom stereocenters. The number of hydrogen-bond donors (Lipinski definition) is 1. The zero-order chi connectivity index (χ0) is 10.3. The lowest BCUT2D eigenvalue weighted by atomic mass is 9.97. The second-order valence-corrected chi connectivity index (χ2v) is 4.08. The summed E-state index contributed by atoms with van der Waals surface area (Å²) in [5, 5.41) is 0. The summed E-state index contributed by atoms with van der Waals surface area (Å²) in [5.74, 6) is 0.496. The van der Waals surface area contributed by atoms with Gasteiger partial charge in [-0.25, -0.2) is 0 Å². The molecular formula is C12H15NO. The Balaban J connectivity index is 2.58. The molecule has 0 aliphatic heterocycles. The molecular weight excluding hydrogens is 174 g/mol. The number of rotatable bonds is 1. The van der Waals surface area contributed by atoms with E-state index >= 15 is 0 Å². The summed E-state index contributed by atoms with van der Waals surface area (Å²) in [7, 11) is 0. The highest BCUT2D eigenvalue weighted by molar-refractivity contribution is 6.01. The van der Waals surface area contributed by atoms with Crippen molar-refractivity contribution >= 4 is 5.78 Å². The van der Waals surface area contributed by atoms with Crippen molar-refractivity contribution in [3.63, 3.8) is 0 Å². The van der Waals surface area contributed by atoms with Crippen molar-refractivity contribution in [3.05, 3.63) is 34.4 Å². The molecule has 0 saturated heterocycles. The third-order valence-electron chi connectivity index (χ3n) is 3.12. The number of carbonyl (C=O) groups excluding carboxylic acids is 1. The van der Waals surface area contributed by atoms with Crippen LogP contribution in [0.3, 0.4) is 0 Å². The number of ketones is 1. The Morgan fingerprint density at radius 1 is 1.36 bits per heavy atom. The van der Waals surface area contributed by atoms with E-state index in [1.54, 1.807) is 0 Å². The van der Waals surface area contributed by atoms with Crippen LogP contribution < -0.4 is 5.73 Å². The third-order valence-corrected chi connectivity index (χ3v) is 3.12. The molecule has 2 N–H and O–H groups in total. The summed E-state index contributed by atoms with van der Waals surface area (Å²) in [5.41, 5.74) is 10.1. The molecule has 1 aromatic carbocycles. The number of benzene rings is 1. The molecule has 0 saturated carbocycles. The summed E-state index contributed by atoms with van der Waals surface area (Å²) < 4.78 is 0. The second kappa shape index (κ2) is 3.21. The molecule has 0 fully saturated rings. The summed E-state index contributed by atoms with van der Waals surface area (Å²) in [4.78, 5) is 11.6. The predicted octanol–water partition coefficient (Wildman–Crippen LogP) is 1.93. The van der Waals surface area contributed by atoms with Gasteiger partial charge in [0.25, 0.3) is 0 Å². The van der Waals surface area contributed by atoms with Crippen LogP contribution in [-0.2, 0) is 0 Å². The molecule has 0 aromatic heterocycles. The topological polar surface area (TPSA) is 43.1 Å². The first-order chi connectivity index (χ1) is 6.63. The zero-order valence-electron chi connectivity index (χ0n) is 8.63. The summed E-state index contributed by atoms with van der Waals surface area (Å²) in [6.07, 6.45) is 0.592. The summed E-state index contributed by atoms with van der Waals surface area (Å²) >= 11 is 0. The van der Waals surface area contributed by atoms with Crippen LogP contribution in [0.1, 0.15) is 39.4 Å². The van der Waals surface area contributed by atoms with Gasteiger partial charge < -0.3 is 5.73 Å². The molecule has 1 atom stereocenters. The summed E-state index contributed by atoms with van der Waals surface area (Å²) in [6.45, 7) is 4.69. The number of carbonyl (C=O) groups is 1. The maximum Gasteiger partial charge on any atom is 0.163 e. The van der Waals surface area contributed by atoms with Gasteiger partial charge in [0.05, 0.1) is 0 Å². The van der Waals surface area contributed by atoms with Crippen LogP contribution in [0.2, 0.25) is 0 Å². The van der Waals surface area contributed by atoms with E-state index in [2.05, 4.69) is 13.0 Å². The Bertz CT molecular complexity index is 396. The average molecular weight is 189 g/mol. The van der Waals surface area contributed by atoms with Crippen molar-refractivity contribution in [1.29, 1.82) is 0 Å². The van der Waals surface area contributed by atoms with Crippen LogP contribution in [0, 0.1) is 13.8 Å². The number of fused-ring (bicyclic) bond motifs is 1. The van der Waals surface area contributed by atoms with Crippen LogP contribution in [-0.4, -0.2) is 12.3 Å². The van der Waals surface area contributed by atoms with Crippen LogP contribution in [0.4, 0.5) is 0 Å². The van der Waals surface area contributed by atoms with Gasteiger partial charge >= 0.3 is 0 Å². The maximum atomic E-state index is 11.6. The van der Waals surface area contributed by atoms with Crippen molar-refractivity contribution in [2.24, 2.45) is 5.73 Å². The monoisotopic (exact) mass is 189 g/mol. The van der Waals surface area contributed by atoms with Crippen molar-refractivity contribution < 1.29 is 4.79 Å². The highest BCUT2D eigenvalue weighted by Crippen LogP contribution is 2.33. The molecule has 0 bridgehead atoms. The highest BCUT2D eigenvalue weighted by atomic mass is 16.1. The van der Waals surface area contributed by atoms with E-state index < -0.39 is 0 Å². The average Bonchev–Trinajstić information content (AvgIpc) is 2.45. The fourth-order valence-corrected chi connectivity index (χ4v) is 2.07. The third kappa shape index (κ3) is 1.26. The van der Waals surface area contributed by atoms with E-state index in [0.717, 1.165) is 11.1 Å². The Hall–Kier alpha value is -1.15. The first-order valence-electron chi connectivity index (χ1n) is 4.98. The smallest absolute Gasteiger partial charge is 0.163 e. The van der Waals surface area contributed by atoms with Gasteiger partial charge in [-0.1, -0.05) is 6.07 Å². The van der Waals surface area contributed by atoms with Crippen molar-refractivity contribution in [1.82, 2.24) is 0 Å². The lowest BCUT2D eigenvalue weighted by Gasteiger charge is -2.09. The van der Waals surface area contributed by atoms with Crippen LogP contribution in [0.25, 0.3) is 0 Å². The molecule has 1 aromatic rings. The number of Topliss-reactive ketones (excluding diaryl/α,β-unsaturated/α-hetero) is 1. The molecule has 0 spiro atoms. The second-order valence-electron chi connectivity index (χ2n) is 4.08. The van der Waals surface area contributed by atoms with Gasteiger partial charge in [-0.3, -0.25) is 4.79 Å². The quantitative estimate of drug-likeness (QED) is 0.733. The molecule has 14 heavy (non-hydrogen) atoms. The van der Waals surface area contributed by atoms with Gasteiger partial charge in [0, 0.05) is 17.9 Å². The maximum absolute atomic E-state index is 11.6. The van der Waals surface area contributed by atoms with Gasteiger partial charge in [0.1, 0.15) is 0 Å². The SMILES string of the molecule is Cc1cc2c(cc1C)C(CN)CC2=O. The predicted molar refractivity (Wildman–Crippen MR) is 56.7 cm³/mol. The van der Waals surface area contributed by atoms with Gasteiger partial charge in [0.15, 0.2) is 5.78 Å².